The molecule has 1 unspecified atom stereocenters. The van der Waals surface area contributed by atoms with Gasteiger partial charge in [0, 0.05) is 13.0 Å². The van der Waals surface area contributed by atoms with E-state index in [1.54, 1.807) is 16.9 Å². The molecule has 1 amide bonds. The van der Waals surface area contributed by atoms with Crippen molar-refractivity contribution in [2.75, 3.05) is 11.4 Å². The van der Waals surface area contributed by atoms with Crippen LogP contribution in [0.4, 0.5) is 5.69 Å². The van der Waals surface area contributed by atoms with Crippen LogP contribution in [0, 0.1) is 20.8 Å². The van der Waals surface area contributed by atoms with Gasteiger partial charge >= 0.3 is 10.2 Å². The van der Waals surface area contributed by atoms with Gasteiger partial charge in [-0.3, -0.25) is 9.10 Å². The van der Waals surface area contributed by atoms with Crippen molar-refractivity contribution in [3.8, 4) is 5.75 Å². The minimum atomic E-state index is -4.03. The molecule has 0 aliphatic rings. The van der Waals surface area contributed by atoms with Gasteiger partial charge in [0.1, 0.15) is 5.75 Å². The number of hydrogen-bond acceptors (Lipinski definition) is 4. The van der Waals surface area contributed by atoms with E-state index in [-0.39, 0.29) is 23.8 Å². The summed E-state index contributed by atoms with van der Waals surface area (Å²) in [5.41, 5.74) is 5.69. The van der Waals surface area contributed by atoms with Crippen LogP contribution in [0.25, 0.3) is 0 Å². The third-order valence-electron chi connectivity index (χ3n) is 4.57. The van der Waals surface area contributed by atoms with Crippen molar-refractivity contribution in [3.05, 3.63) is 58.1 Å². The first-order valence-electron chi connectivity index (χ1n) is 8.19. The number of nitrogens with zero attached hydrogens (tertiary/aromatic N) is 1. The van der Waals surface area contributed by atoms with Gasteiger partial charge in [0.2, 0.25) is 6.41 Å². The number of rotatable bonds is 6. The number of hydrogen-bond donors (Lipinski definition) is 2. The molecule has 2 rings (SSSR count). The highest BCUT2D eigenvalue weighted by atomic mass is 32.2. The highest BCUT2D eigenvalue weighted by Crippen LogP contribution is 2.35. The number of aryl methyl sites for hydroxylation is 3. The second kappa shape index (κ2) is 7.37. The number of amides is 1. The fourth-order valence-corrected chi connectivity index (χ4v) is 4.08. The predicted molar refractivity (Wildman–Crippen MR) is 103 cm³/mol. The zero-order valence-electron chi connectivity index (χ0n) is 15.6. The van der Waals surface area contributed by atoms with Crippen molar-refractivity contribution in [3.63, 3.8) is 0 Å². The van der Waals surface area contributed by atoms with Gasteiger partial charge < -0.3 is 5.11 Å². The molecule has 0 bridgehead atoms. The quantitative estimate of drug-likeness (QED) is 0.759. The van der Waals surface area contributed by atoms with Crippen LogP contribution in [0.5, 0.6) is 5.75 Å². The standard InChI is InChI=1S/C19H24N2O4S/c1-12-8-13(2)19(14(3)9-12)15(4)16-6-7-17(18(23)10-16)21(5)26(24,25)20-11-22/h6-11,15,23H,1-5H3,(H,20,22). The van der Waals surface area contributed by atoms with E-state index in [1.165, 1.54) is 35.4 Å². The Hall–Kier alpha value is -2.54. The van der Waals surface area contributed by atoms with Crippen molar-refractivity contribution < 1.29 is 18.3 Å². The summed E-state index contributed by atoms with van der Waals surface area (Å²) in [6, 6.07) is 9.12. The van der Waals surface area contributed by atoms with Gasteiger partial charge in [-0.15, -0.1) is 0 Å². The van der Waals surface area contributed by atoms with Crippen molar-refractivity contribution in [2.45, 2.75) is 33.6 Å². The smallest absolute Gasteiger partial charge is 0.325 e. The maximum atomic E-state index is 11.9. The minimum Gasteiger partial charge on any atom is -0.506 e. The average molecular weight is 376 g/mol. The zero-order valence-corrected chi connectivity index (χ0v) is 16.4. The Morgan fingerprint density at radius 1 is 1.12 bits per heavy atom. The lowest BCUT2D eigenvalue weighted by Gasteiger charge is -2.22. The molecule has 0 fully saturated rings. The molecule has 2 aromatic rings. The summed E-state index contributed by atoms with van der Waals surface area (Å²) in [5, 5.41) is 10.3. The molecule has 26 heavy (non-hydrogen) atoms. The number of nitrogens with one attached hydrogen (secondary N) is 1. The van der Waals surface area contributed by atoms with Gasteiger partial charge in [0.25, 0.3) is 0 Å². The number of aromatic hydroxyl groups is 1. The molecule has 0 aromatic heterocycles. The third-order valence-corrected chi connectivity index (χ3v) is 5.88. The molecule has 0 spiro atoms. The monoisotopic (exact) mass is 376 g/mol. The Morgan fingerprint density at radius 3 is 2.19 bits per heavy atom. The Balaban J connectivity index is 2.43. The van der Waals surface area contributed by atoms with Crippen molar-refractivity contribution >= 4 is 22.3 Å². The van der Waals surface area contributed by atoms with Gasteiger partial charge in [0.15, 0.2) is 0 Å². The highest BCUT2D eigenvalue weighted by molar-refractivity contribution is 7.91. The van der Waals surface area contributed by atoms with Crippen LogP contribution < -0.4 is 9.03 Å². The number of carbonyl (C=O) groups excluding carboxylic acids is 1. The Morgan fingerprint density at radius 2 is 1.69 bits per heavy atom. The molecule has 2 N–H and O–H groups in total. The molecule has 2 aromatic carbocycles. The maximum absolute atomic E-state index is 11.9. The Bertz CT molecular complexity index is 916. The van der Waals surface area contributed by atoms with Gasteiger partial charge in [-0.25, -0.2) is 4.72 Å². The predicted octanol–water partition coefficient (Wildman–Crippen LogP) is 2.90. The fourth-order valence-electron chi connectivity index (χ4n) is 3.39. The zero-order chi connectivity index (χ0) is 19.6. The molecule has 0 heterocycles. The van der Waals surface area contributed by atoms with E-state index < -0.39 is 10.2 Å². The van der Waals surface area contributed by atoms with E-state index in [9.17, 15) is 18.3 Å². The molecule has 1 atom stereocenters. The summed E-state index contributed by atoms with van der Waals surface area (Å²) >= 11 is 0. The highest BCUT2D eigenvalue weighted by Gasteiger charge is 2.22. The molecule has 0 aliphatic heterocycles. The first-order valence-corrected chi connectivity index (χ1v) is 9.63. The van der Waals surface area contributed by atoms with Gasteiger partial charge in [-0.2, -0.15) is 8.42 Å². The average Bonchev–Trinajstić information content (AvgIpc) is 2.53. The van der Waals surface area contributed by atoms with E-state index in [0.717, 1.165) is 9.87 Å². The molecule has 0 saturated carbocycles. The van der Waals surface area contributed by atoms with Crippen LogP contribution in [0.3, 0.4) is 0 Å². The first-order chi connectivity index (χ1) is 12.1. The molecule has 6 nitrogen and oxygen atoms in total. The van der Waals surface area contributed by atoms with E-state index in [1.807, 2.05) is 6.92 Å². The summed E-state index contributed by atoms with van der Waals surface area (Å²) in [6.07, 6.45) is 0.0856. The maximum Gasteiger partial charge on any atom is 0.325 e. The summed E-state index contributed by atoms with van der Waals surface area (Å²) in [6.45, 7) is 8.23. The van der Waals surface area contributed by atoms with Crippen LogP contribution in [-0.4, -0.2) is 27.0 Å². The number of carbonyl (C=O) groups is 1. The third kappa shape index (κ3) is 3.83. The van der Waals surface area contributed by atoms with Crippen molar-refractivity contribution in [2.24, 2.45) is 0 Å². The van der Waals surface area contributed by atoms with Crippen molar-refractivity contribution in [1.29, 1.82) is 0 Å². The van der Waals surface area contributed by atoms with Gasteiger partial charge in [0.05, 0.1) is 5.69 Å². The lowest BCUT2D eigenvalue weighted by atomic mass is 9.86. The van der Waals surface area contributed by atoms with Crippen molar-refractivity contribution in [1.82, 2.24) is 4.72 Å². The van der Waals surface area contributed by atoms with Gasteiger partial charge in [-0.1, -0.05) is 30.7 Å². The van der Waals surface area contributed by atoms with Crippen LogP contribution in [0.2, 0.25) is 0 Å². The largest absolute Gasteiger partial charge is 0.506 e. The summed E-state index contributed by atoms with van der Waals surface area (Å²) in [4.78, 5) is 10.4. The lowest BCUT2D eigenvalue weighted by Crippen LogP contribution is -2.37. The summed E-state index contributed by atoms with van der Waals surface area (Å²) < 4.78 is 26.4. The second-order valence-electron chi connectivity index (χ2n) is 6.49. The van der Waals surface area contributed by atoms with Gasteiger partial charge in [-0.05, 0) is 55.2 Å². The van der Waals surface area contributed by atoms with Crippen LogP contribution in [0.15, 0.2) is 30.3 Å². The summed E-state index contributed by atoms with van der Waals surface area (Å²) in [5.74, 6) is -0.138. The van der Waals surface area contributed by atoms with E-state index >= 15 is 0 Å². The SMILES string of the molecule is Cc1cc(C)c(C(C)c2ccc(N(C)S(=O)(=O)NC=O)c(O)c2)c(C)c1. The molecule has 7 heteroatoms. The second-order valence-corrected chi connectivity index (χ2v) is 8.22. The molecule has 0 saturated heterocycles. The lowest BCUT2D eigenvalue weighted by molar-refractivity contribution is -0.108. The molecule has 0 aliphatic carbocycles. The fraction of sp³-hybridized carbons (Fsp3) is 0.316. The molecule has 140 valence electrons. The number of benzene rings is 2. The topological polar surface area (TPSA) is 86.7 Å². The molecular formula is C19H24N2O4S. The first kappa shape index (κ1) is 19.8. The summed E-state index contributed by atoms with van der Waals surface area (Å²) in [7, 11) is -2.77. The van der Waals surface area contributed by atoms with Crippen LogP contribution in [0.1, 0.15) is 40.7 Å². The minimum absolute atomic E-state index is 0.0329. The van der Waals surface area contributed by atoms with E-state index in [0.29, 0.717) is 0 Å². The molecular weight excluding hydrogens is 352 g/mol. The van der Waals surface area contributed by atoms with E-state index in [4.69, 9.17) is 0 Å². The normalized spacial score (nSPS) is 12.5. The number of phenolic OH excluding ortho intramolecular Hbond substituents is 1. The van der Waals surface area contributed by atoms with Crippen LogP contribution >= 0.6 is 0 Å². The Labute approximate surface area is 154 Å². The Kier molecular flexibility index (Phi) is 5.61. The molecule has 0 radical (unpaired) electrons. The number of anilines is 1. The number of phenols is 1. The van der Waals surface area contributed by atoms with E-state index in [2.05, 4.69) is 32.9 Å². The van der Waals surface area contributed by atoms with Crippen LogP contribution in [-0.2, 0) is 15.0 Å².